The molecule has 0 aromatic heterocycles. The molecule has 1 atom stereocenters. The van der Waals surface area contributed by atoms with Gasteiger partial charge in [0.2, 0.25) is 0 Å². The Kier molecular flexibility index (Phi) is 3.88. The standard InChI is InChI=1S/C13H11ClF3NO3/c14-9-3-1-2-8(6-9)10(19)18-5-4-12(7-18,11(20)21)13(15,16)17/h1-3,6H,4-5,7H2,(H,20,21). The number of nitrogens with zero attached hydrogens (tertiary/aromatic N) is 1. The Hall–Kier alpha value is -1.76. The molecular weight excluding hydrogens is 311 g/mol. The minimum absolute atomic E-state index is 0.130. The van der Waals surface area contributed by atoms with Crippen LogP contribution in [0.4, 0.5) is 13.2 Å². The van der Waals surface area contributed by atoms with Gasteiger partial charge in [-0.25, -0.2) is 0 Å². The largest absolute Gasteiger partial charge is 0.481 e. The molecule has 1 heterocycles. The second-order valence-corrected chi connectivity index (χ2v) is 5.31. The van der Waals surface area contributed by atoms with Gasteiger partial charge in [-0.1, -0.05) is 17.7 Å². The molecule has 1 unspecified atom stereocenters. The minimum atomic E-state index is -4.91. The summed E-state index contributed by atoms with van der Waals surface area (Å²) in [5.74, 6) is -2.62. The first-order valence-electron chi connectivity index (χ1n) is 6.02. The highest BCUT2D eigenvalue weighted by atomic mass is 35.5. The highest BCUT2D eigenvalue weighted by Gasteiger charge is 2.64. The van der Waals surface area contributed by atoms with Crippen LogP contribution < -0.4 is 0 Å². The normalized spacial score (nSPS) is 22.4. The number of alkyl halides is 3. The third-order valence-electron chi connectivity index (χ3n) is 3.58. The molecule has 0 aliphatic carbocycles. The van der Waals surface area contributed by atoms with E-state index in [2.05, 4.69) is 0 Å². The monoisotopic (exact) mass is 321 g/mol. The number of carboxylic acid groups (broad SMARTS) is 1. The number of carbonyl (C=O) groups is 2. The third-order valence-corrected chi connectivity index (χ3v) is 3.82. The Morgan fingerprint density at radius 2 is 2.00 bits per heavy atom. The quantitative estimate of drug-likeness (QED) is 0.911. The van der Waals surface area contributed by atoms with Gasteiger partial charge in [0.15, 0.2) is 5.41 Å². The minimum Gasteiger partial charge on any atom is -0.481 e. The highest BCUT2D eigenvalue weighted by Crippen LogP contribution is 2.46. The molecule has 114 valence electrons. The second-order valence-electron chi connectivity index (χ2n) is 4.87. The van der Waals surface area contributed by atoms with E-state index in [9.17, 15) is 22.8 Å². The fraction of sp³-hybridized carbons (Fsp3) is 0.385. The van der Waals surface area contributed by atoms with E-state index in [0.29, 0.717) is 0 Å². The molecule has 1 N–H and O–H groups in total. The van der Waals surface area contributed by atoms with Crippen molar-refractivity contribution in [2.75, 3.05) is 13.1 Å². The van der Waals surface area contributed by atoms with E-state index in [0.717, 1.165) is 4.90 Å². The summed E-state index contributed by atoms with van der Waals surface area (Å²) < 4.78 is 39.1. The maximum atomic E-state index is 13.0. The maximum Gasteiger partial charge on any atom is 0.406 e. The van der Waals surface area contributed by atoms with E-state index in [4.69, 9.17) is 16.7 Å². The summed E-state index contributed by atoms with van der Waals surface area (Å²) in [7, 11) is 0. The number of aliphatic carboxylic acids is 1. The van der Waals surface area contributed by atoms with Gasteiger partial charge in [0.25, 0.3) is 5.91 Å². The van der Waals surface area contributed by atoms with Gasteiger partial charge in [0.1, 0.15) is 0 Å². The maximum absolute atomic E-state index is 13.0. The first-order chi connectivity index (χ1) is 9.67. The van der Waals surface area contributed by atoms with Crippen LogP contribution in [0.25, 0.3) is 0 Å². The summed E-state index contributed by atoms with van der Waals surface area (Å²) >= 11 is 5.73. The lowest BCUT2D eigenvalue weighted by atomic mass is 9.86. The first-order valence-corrected chi connectivity index (χ1v) is 6.40. The molecular formula is C13H11ClF3NO3. The van der Waals surface area contributed by atoms with Crippen LogP contribution in [0, 0.1) is 5.41 Å². The van der Waals surface area contributed by atoms with Gasteiger partial charge < -0.3 is 10.0 Å². The Balaban J connectivity index is 2.26. The van der Waals surface area contributed by atoms with Crippen LogP contribution in [-0.2, 0) is 4.79 Å². The molecule has 2 rings (SSSR count). The number of likely N-dealkylation sites (tertiary alicyclic amines) is 1. The SMILES string of the molecule is O=C(c1cccc(Cl)c1)N1CCC(C(=O)O)(C(F)(F)F)C1. The Bertz CT molecular complexity index is 590. The van der Waals surface area contributed by atoms with Gasteiger partial charge in [-0.05, 0) is 24.6 Å². The van der Waals surface area contributed by atoms with Crippen molar-refractivity contribution in [1.29, 1.82) is 0 Å². The molecule has 0 spiro atoms. The molecule has 0 bridgehead atoms. The van der Waals surface area contributed by atoms with Crippen molar-refractivity contribution in [1.82, 2.24) is 4.90 Å². The van der Waals surface area contributed by atoms with Crippen LogP contribution in [0.3, 0.4) is 0 Å². The average molecular weight is 322 g/mol. The van der Waals surface area contributed by atoms with E-state index in [1.807, 2.05) is 0 Å². The average Bonchev–Trinajstić information content (AvgIpc) is 2.83. The summed E-state index contributed by atoms with van der Waals surface area (Å²) in [6.45, 7) is -1.16. The third kappa shape index (κ3) is 2.70. The zero-order valence-electron chi connectivity index (χ0n) is 10.7. The number of hydrogen-bond donors (Lipinski definition) is 1. The summed E-state index contributed by atoms with van der Waals surface area (Å²) in [5.41, 5.74) is -2.77. The second kappa shape index (κ2) is 5.22. The highest BCUT2D eigenvalue weighted by molar-refractivity contribution is 6.30. The van der Waals surface area contributed by atoms with Crippen LogP contribution in [0.2, 0.25) is 5.02 Å². The molecule has 1 amide bonds. The Morgan fingerprint density at radius 1 is 1.33 bits per heavy atom. The summed E-state index contributed by atoms with van der Waals surface area (Å²) in [4.78, 5) is 24.1. The zero-order chi connectivity index (χ0) is 15.8. The number of benzene rings is 1. The molecule has 0 saturated carbocycles. The van der Waals surface area contributed by atoms with Crippen molar-refractivity contribution in [3.8, 4) is 0 Å². The van der Waals surface area contributed by atoms with Gasteiger partial charge in [0, 0.05) is 23.7 Å². The summed E-state index contributed by atoms with van der Waals surface area (Å²) in [6, 6.07) is 5.78. The van der Waals surface area contributed by atoms with Crippen molar-refractivity contribution in [2.24, 2.45) is 5.41 Å². The van der Waals surface area contributed by atoms with Gasteiger partial charge in [0.05, 0.1) is 0 Å². The molecule has 1 aliphatic rings. The van der Waals surface area contributed by atoms with E-state index >= 15 is 0 Å². The zero-order valence-corrected chi connectivity index (χ0v) is 11.4. The topological polar surface area (TPSA) is 57.6 Å². The Morgan fingerprint density at radius 3 is 2.48 bits per heavy atom. The molecule has 1 fully saturated rings. The molecule has 1 saturated heterocycles. The predicted octanol–water partition coefficient (Wildman–Crippen LogP) is 2.82. The van der Waals surface area contributed by atoms with Gasteiger partial charge in [-0.3, -0.25) is 9.59 Å². The molecule has 21 heavy (non-hydrogen) atoms. The van der Waals surface area contributed by atoms with Crippen molar-refractivity contribution >= 4 is 23.5 Å². The molecule has 0 radical (unpaired) electrons. The van der Waals surface area contributed by atoms with Crippen LogP contribution in [0.1, 0.15) is 16.8 Å². The van der Waals surface area contributed by atoms with Crippen LogP contribution in [0.5, 0.6) is 0 Å². The number of carbonyl (C=O) groups excluding carboxylic acids is 1. The molecule has 1 aromatic carbocycles. The smallest absolute Gasteiger partial charge is 0.406 e. The number of hydrogen-bond acceptors (Lipinski definition) is 2. The number of carboxylic acids is 1. The fourth-order valence-corrected chi connectivity index (χ4v) is 2.50. The molecule has 1 aromatic rings. The number of rotatable bonds is 2. The van der Waals surface area contributed by atoms with Crippen LogP contribution in [-0.4, -0.2) is 41.1 Å². The van der Waals surface area contributed by atoms with Crippen molar-refractivity contribution in [3.05, 3.63) is 34.9 Å². The summed E-state index contributed by atoms with van der Waals surface area (Å²) in [5, 5.41) is 9.21. The van der Waals surface area contributed by atoms with Gasteiger partial charge in [-0.2, -0.15) is 13.2 Å². The van der Waals surface area contributed by atoms with Crippen molar-refractivity contribution in [3.63, 3.8) is 0 Å². The van der Waals surface area contributed by atoms with Gasteiger partial charge in [-0.15, -0.1) is 0 Å². The predicted molar refractivity (Wildman–Crippen MR) is 68.1 cm³/mol. The lowest BCUT2D eigenvalue weighted by Crippen LogP contribution is -2.47. The lowest BCUT2D eigenvalue weighted by molar-refractivity contribution is -0.227. The van der Waals surface area contributed by atoms with E-state index in [1.54, 1.807) is 0 Å². The number of halogens is 4. The van der Waals surface area contributed by atoms with E-state index in [-0.39, 0.29) is 17.1 Å². The molecule has 8 heteroatoms. The van der Waals surface area contributed by atoms with Crippen LogP contribution >= 0.6 is 11.6 Å². The number of amides is 1. The van der Waals surface area contributed by atoms with Gasteiger partial charge >= 0.3 is 12.1 Å². The molecule has 4 nitrogen and oxygen atoms in total. The fourth-order valence-electron chi connectivity index (χ4n) is 2.31. The van der Waals surface area contributed by atoms with Crippen LogP contribution in [0.15, 0.2) is 24.3 Å². The Labute approximate surface area is 123 Å². The first kappa shape index (κ1) is 15.6. The van der Waals surface area contributed by atoms with E-state index < -0.39 is 36.4 Å². The van der Waals surface area contributed by atoms with Crippen molar-refractivity contribution < 1.29 is 27.9 Å². The lowest BCUT2D eigenvalue weighted by Gasteiger charge is -2.27. The van der Waals surface area contributed by atoms with Crippen molar-refractivity contribution in [2.45, 2.75) is 12.6 Å². The summed E-state index contributed by atoms with van der Waals surface area (Å²) in [6.07, 6.45) is -5.57. The molecule has 1 aliphatic heterocycles. The van der Waals surface area contributed by atoms with E-state index in [1.165, 1.54) is 24.3 Å².